The standard InChI is InChI=1S/C34H37N7O2S/c1-44(42,43)22-23-14-19-40(20-15-23)27-6-2-5-24(21-27)29-12-13-30-33(38-29)41(32(39-30)28-7-3-18-37-31(28)35)26-10-8-25(9-11-26)34(36)16-4-17-34/h2-3,5-13,18,21,23H,4,14-17,19-20,22,36H2,1H3,(H2,35,37). The van der Waals surface area contributed by atoms with Crippen LogP contribution in [0.5, 0.6) is 0 Å². The third-order valence-corrected chi connectivity index (χ3v) is 10.3. The summed E-state index contributed by atoms with van der Waals surface area (Å²) in [6.45, 7) is 1.66. The molecule has 7 rings (SSSR count). The minimum atomic E-state index is -2.97. The molecule has 44 heavy (non-hydrogen) atoms. The van der Waals surface area contributed by atoms with Gasteiger partial charge in [0.15, 0.2) is 11.5 Å². The van der Waals surface area contributed by atoms with Gasteiger partial charge in [-0.3, -0.25) is 4.57 Å². The molecule has 1 saturated heterocycles. The van der Waals surface area contributed by atoms with Crippen LogP contribution >= 0.6 is 0 Å². The molecule has 2 aromatic carbocycles. The molecule has 2 aliphatic rings. The summed E-state index contributed by atoms with van der Waals surface area (Å²) in [5, 5.41) is 0. The summed E-state index contributed by atoms with van der Waals surface area (Å²) in [6, 6.07) is 24.6. The van der Waals surface area contributed by atoms with Gasteiger partial charge in [0, 0.05) is 48.0 Å². The Hall–Kier alpha value is -4.28. The van der Waals surface area contributed by atoms with Crippen LogP contribution in [0.15, 0.2) is 79.0 Å². The number of nitrogen functional groups attached to an aromatic ring is 1. The van der Waals surface area contributed by atoms with E-state index >= 15 is 0 Å². The zero-order chi connectivity index (χ0) is 30.5. The predicted octanol–water partition coefficient (Wildman–Crippen LogP) is 5.33. The van der Waals surface area contributed by atoms with Crippen molar-refractivity contribution in [2.24, 2.45) is 11.7 Å². The highest BCUT2D eigenvalue weighted by atomic mass is 32.2. The van der Waals surface area contributed by atoms with Crippen molar-refractivity contribution < 1.29 is 8.42 Å². The van der Waals surface area contributed by atoms with E-state index in [2.05, 4.69) is 63.0 Å². The second kappa shape index (κ2) is 11.0. The first-order valence-corrected chi connectivity index (χ1v) is 17.3. The smallest absolute Gasteiger partial charge is 0.165 e. The fraction of sp³-hybridized carbons (Fsp3) is 0.324. The van der Waals surface area contributed by atoms with Crippen molar-refractivity contribution in [1.29, 1.82) is 0 Å². The van der Waals surface area contributed by atoms with Gasteiger partial charge < -0.3 is 16.4 Å². The molecule has 0 spiro atoms. The quantitative estimate of drug-likeness (QED) is 0.254. The summed E-state index contributed by atoms with van der Waals surface area (Å²) in [6.07, 6.45) is 7.89. The average molecular weight is 608 g/mol. The van der Waals surface area contributed by atoms with Crippen molar-refractivity contribution in [2.75, 3.05) is 35.7 Å². The van der Waals surface area contributed by atoms with Gasteiger partial charge in [-0.25, -0.2) is 23.4 Å². The highest BCUT2D eigenvalue weighted by Gasteiger charge is 2.34. The maximum absolute atomic E-state index is 11.8. The van der Waals surface area contributed by atoms with E-state index < -0.39 is 9.84 Å². The minimum absolute atomic E-state index is 0.218. The van der Waals surface area contributed by atoms with Crippen molar-refractivity contribution in [3.63, 3.8) is 0 Å². The lowest BCUT2D eigenvalue weighted by molar-refractivity contribution is 0.253. The topological polar surface area (TPSA) is 133 Å². The highest BCUT2D eigenvalue weighted by molar-refractivity contribution is 7.90. The monoisotopic (exact) mass is 607 g/mol. The number of fused-ring (bicyclic) bond motifs is 1. The summed E-state index contributed by atoms with van der Waals surface area (Å²) in [5.74, 6) is 1.57. The zero-order valence-electron chi connectivity index (χ0n) is 24.9. The fourth-order valence-corrected chi connectivity index (χ4v) is 7.78. The lowest BCUT2D eigenvalue weighted by atomic mass is 9.73. The van der Waals surface area contributed by atoms with Crippen molar-refractivity contribution in [3.05, 3.63) is 84.6 Å². The molecule has 0 radical (unpaired) electrons. The largest absolute Gasteiger partial charge is 0.383 e. The van der Waals surface area contributed by atoms with E-state index in [1.54, 1.807) is 6.20 Å². The maximum atomic E-state index is 11.8. The second-order valence-electron chi connectivity index (χ2n) is 12.4. The van der Waals surface area contributed by atoms with Gasteiger partial charge in [0.25, 0.3) is 0 Å². The maximum Gasteiger partial charge on any atom is 0.165 e. The Morgan fingerprint density at radius 2 is 1.70 bits per heavy atom. The molecule has 1 saturated carbocycles. The van der Waals surface area contributed by atoms with Gasteiger partial charge in [0.05, 0.1) is 17.0 Å². The molecule has 4 heterocycles. The Morgan fingerprint density at radius 3 is 2.39 bits per heavy atom. The van der Waals surface area contributed by atoms with Crippen molar-refractivity contribution >= 4 is 32.5 Å². The molecule has 0 atom stereocenters. The molecule has 2 fully saturated rings. The van der Waals surface area contributed by atoms with Crippen LogP contribution < -0.4 is 16.4 Å². The third-order valence-electron chi connectivity index (χ3n) is 9.19. The molecule has 3 aromatic heterocycles. The average Bonchev–Trinajstić information content (AvgIpc) is 3.38. The van der Waals surface area contributed by atoms with Gasteiger partial charge in [0.2, 0.25) is 0 Å². The first-order valence-electron chi connectivity index (χ1n) is 15.2. The van der Waals surface area contributed by atoms with Gasteiger partial charge in [-0.2, -0.15) is 0 Å². The predicted molar refractivity (Wildman–Crippen MR) is 176 cm³/mol. The summed E-state index contributed by atoms with van der Waals surface area (Å²) >= 11 is 0. The lowest BCUT2D eigenvalue weighted by Gasteiger charge is -2.38. The Bertz CT molecular complexity index is 1940. The summed E-state index contributed by atoms with van der Waals surface area (Å²) in [5.41, 5.74) is 20.0. The van der Waals surface area contributed by atoms with E-state index in [9.17, 15) is 8.42 Å². The SMILES string of the molecule is CS(=O)(=O)CC1CCN(c2cccc(-c3ccc4nc(-c5cccnc5N)n(-c5ccc(C6(N)CCC6)cc5)c4n3)c2)CC1. The van der Waals surface area contributed by atoms with Gasteiger partial charge in [0.1, 0.15) is 21.2 Å². The number of sulfone groups is 1. The summed E-state index contributed by atoms with van der Waals surface area (Å²) < 4.78 is 25.6. The van der Waals surface area contributed by atoms with E-state index in [0.29, 0.717) is 11.6 Å². The van der Waals surface area contributed by atoms with Gasteiger partial charge in [-0.1, -0.05) is 24.3 Å². The Balaban J connectivity index is 1.26. The molecule has 226 valence electrons. The Kier molecular flexibility index (Phi) is 7.13. The molecule has 1 aliphatic carbocycles. The molecule has 5 aromatic rings. The number of imidazole rings is 1. The van der Waals surface area contributed by atoms with Crippen LogP contribution in [-0.2, 0) is 15.4 Å². The van der Waals surface area contributed by atoms with Crippen LogP contribution in [0.2, 0.25) is 0 Å². The van der Waals surface area contributed by atoms with E-state index in [0.717, 1.165) is 90.1 Å². The summed E-state index contributed by atoms with van der Waals surface area (Å²) in [4.78, 5) is 16.8. The Morgan fingerprint density at radius 1 is 0.932 bits per heavy atom. The van der Waals surface area contributed by atoms with Crippen LogP contribution in [0, 0.1) is 5.92 Å². The number of anilines is 2. The number of hydrogen-bond acceptors (Lipinski definition) is 8. The first-order chi connectivity index (χ1) is 21.2. The molecule has 9 nitrogen and oxygen atoms in total. The number of rotatable bonds is 7. The van der Waals surface area contributed by atoms with Crippen LogP contribution in [0.4, 0.5) is 11.5 Å². The van der Waals surface area contributed by atoms with E-state index in [4.69, 9.17) is 21.4 Å². The highest BCUT2D eigenvalue weighted by Crippen LogP contribution is 2.39. The van der Waals surface area contributed by atoms with Gasteiger partial charge in [-0.15, -0.1) is 0 Å². The minimum Gasteiger partial charge on any atom is -0.383 e. The number of nitrogens with zero attached hydrogens (tertiary/aromatic N) is 5. The summed E-state index contributed by atoms with van der Waals surface area (Å²) in [7, 11) is -2.97. The van der Waals surface area contributed by atoms with Crippen LogP contribution in [0.25, 0.3) is 39.5 Å². The van der Waals surface area contributed by atoms with Crippen molar-refractivity contribution in [2.45, 2.75) is 37.6 Å². The zero-order valence-corrected chi connectivity index (χ0v) is 25.7. The molecule has 4 N–H and O–H groups in total. The number of piperidine rings is 1. The number of aromatic nitrogens is 4. The van der Waals surface area contributed by atoms with E-state index in [1.807, 2.05) is 24.3 Å². The number of benzene rings is 2. The molecule has 1 aliphatic heterocycles. The third kappa shape index (κ3) is 5.44. The first kappa shape index (κ1) is 28.5. The van der Waals surface area contributed by atoms with Crippen molar-refractivity contribution in [3.8, 4) is 28.3 Å². The fourth-order valence-electron chi connectivity index (χ4n) is 6.59. The lowest BCUT2D eigenvalue weighted by Crippen LogP contribution is -2.43. The molecular formula is C34H37N7O2S. The molecule has 0 amide bonds. The normalized spacial score (nSPS) is 17.1. The van der Waals surface area contributed by atoms with E-state index in [1.165, 1.54) is 6.26 Å². The second-order valence-corrected chi connectivity index (χ2v) is 14.6. The molecule has 10 heteroatoms. The van der Waals surface area contributed by atoms with Crippen molar-refractivity contribution in [1.82, 2.24) is 19.5 Å². The van der Waals surface area contributed by atoms with E-state index in [-0.39, 0.29) is 17.2 Å². The molecular weight excluding hydrogens is 570 g/mol. The number of nitrogens with two attached hydrogens (primary N) is 2. The molecule has 0 bridgehead atoms. The van der Waals surface area contributed by atoms with Crippen LogP contribution in [0.3, 0.4) is 0 Å². The van der Waals surface area contributed by atoms with Crippen LogP contribution in [0.1, 0.15) is 37.7 Å². The molecule has 0 unspecified atom stereocenters. The number of hydrogen-bond donors (Lipinski definition) is 2. The Labute approximate surface area is 257 Å². The number of pyridine rings is 2. The van der Waals surface area contributed by atoms with Gasteiger partial charge >= 0.3 is 0 Å². The van der Waals surface area contributed by atoms with Crippen LogP contribution in [-0.4, -0.2) is 53.0 Å². The van der Waals surface area contributed by atoms with Gasteiger partial charge in [-0.05, 0) is 92.1 Å².